The highest BCUT2D eigenvalue weighted by Crippen LogP contribution is 2.32. The molecule has 3 saturated heterocycles. The number of ether oxygens (including phenoxy) is 1. The predicted octanol–water partition coefficient (Wildman–Crippen LogP) is 2.17. The van der Waals surface area contributed by atoms with Crippen LogP contribution in [0, 0.1) is 23.1 Å². The molecule has 0 saturated carbocycles. The van der Waals surface area contributed by atoms with Crippen LogP contribution < -0.4 is 4.74 Å². The van der Waals surface area contributed by atoms with Crippen molar-refractivity contribution in [2.24, 2.45) is 5.92 Å². The molecule has 1 aromatic rings. The van der Waals surface area contributed by atoms with Gasteiger partial charge in [0.25, 0.3) is 0 Å². The maximum absolute atomic E-state index is 13.5. The Balaban J connectivity index is 1.81. The molecule has 18 heavy (non-hydrogen) atoms. The van der Waals surface area contributed by atoms with Crippen molar-refractivity contribution in [2.75, 3.05) is 19.6 Å². The molecule has 0 spiro atoms. The van der Waals surface area contributed by atoms with Crippen molar-refractivity contribution in [2.45, 2.75) is 18.9 Å². The number of hydrogen-bond donors (Lipinski definition) is 0. The monoisotopic (exact) mass is 246 g/mol. The van der Waals surface area contributed by atoms with E-state index in [9.17, 15) is 4.39 Å². The lowest BCUT2D eigenvalue weighted by Crippen LogP contribution is -2.52. The molecule has 4 rings (SSSR count). The lowest BCUT2D eigenvalue weighted by atomic mass is 9.86. The number of hydrogen-bond acceptors (Lipinski definition) is 3. The molecule has 1 aromatic carbocycles. The Kier molecular flexibility index (Phi) is 2.92. The normalized spacial score (nSPS) is 29.9. The third kappa shape index (κ3) is 1.95. The minimum absolute atomic E-state index is 0.0222. The second-order valence-corrected chi connectivity index (χ2v) is 5.02. The number of nitrogens with zero attached hydrogens (tertiary/aromatic N) is 2. The van der Waals surface area contributed by atoms with Crippen LogP contribution >= 0.6 is 0 Å². The fraction of sp³-hybridized carbons (Fsp3) is 0.500. The minimum Gasteiger partial charge on any atom is -0.487 e. The zero-order valence-electron chi connectivity index (χ0n) is 10.1. The quantitative estimate of drug-likeness (QED) is 0.802. The van der Waals surface area contributed by atoms with Crippen LogP contribution in [0.15, 0.2) is 18.2 Å². The van der Waals surface area contributed by atoms with Gasteiger partial charge in [-0.15, -0.1) is 0 Å². The van der Waals surface area contributed by atoms with E-state index in [1.54, 1.807) is 12.1 Å². The standard InChI is InChI=1S/C14H15FN2O/c15-12-2-1-3-13(11(12)8-16)18-14-9-17-6-4-10(14)5-7-17/h1-3,10,14H,4-7,9H2. The third-order valence-electron chi connectivity index (χ3n) is 3.96. The molecule has 1 atom stereocenters. The predicted molar refractivity (Wildman–Crippen MR) is 64.7 cm³/mol. The van der Waals surface area contributed by atoms with Gasteiger partial charge in [-0.2, -0.15) is 5.26 Å². The maximum Gasteiger partial charge on any atom is 0.144 e. The van der Waals surface area contributed by atoms with E-state index in [4.69, 9.17) is 10.00 Å². The van der Waals surface area contributed by atoms with Crippen molar-refractivity contribution in [1.82, 2.24) is 4.90 Å². The molecule has 0 aromatic heterocycles. The van der Waals surface area contributed by atoms with Crippen molar-refractivity contribution in [3.05, 3.63) is 29.6 Å². The SMILES string of the molecule is N#Cc1c(F)cccc1OC1CN2CCC1CC2. The van der Waals surface area contributed by atoms with Gasteiger partial charge in [0.1, 0.15) is 29.3 Å². The van der Waals surface area contributed by atoms with Crippen LogP contribution in [0.25, 0.3) is 0 Å². The van der Waals surface area contributed by atoms with Crippen molar-refractivity contribution < 1.29 is 9.13 Å². The summed E-state index contributed by atoms with van der Waals surface area (Å²) in [5.74, 6) is 0.428. The maximum atomic E-state index is 13.5. The van der Waals surface area contributed by atoms with E-state index in [0.717, 1.165) is 32.5 Å². The van der Waals surface area contributed by atoms with Crippen LogP contribution in [0.5, 0.6) is 5.75 Å². The van der Waals surface area contributed by atoms with Gasteiger partial charge in [-0.05, 0) is 44.0 Å². The average Bonchev–Trinajstić information content (AvgIpc) is 2.40. The van der Waals surface area contributed by atoms with Crippen LogP contribution in [-0.2, 0) is 0 Å². The summed E-state index contributed by atoms with van der Waals surface area (Å²) in [5, 5.41) is 8.98. The summed E-state index contributed by atoms with van der Waals surface area (Å²) in [5.41, 5.74) is 0.0222. The Morgan fingerprint density at radius 3 is 2.72 bits per heavy atom. The van der Waals surface area contributed by atoms with E-state index in [1.165, 1.54) is 6.07 Å². The molecule has 0 aliphatic carbocycles. The molecule has 4 heteroatoms. The Morgan fingerprint density at radius 2 is 2.11 bits per heavy atom. The topological polar surface area (TPSA) is 36.3 Å². The van der Waals surface area contributed by atoms with Crippen LogP contribution in [0.3, 0.4) is 0 Å². The Hall–Kier alpha value is -1.60. The fourth-order valence-electron chi connectivity index (χ4n) is 2.92. The number of halogens is 1. The third-order valence-corrected chi connectivity index (χ3v) is 3.96. The lowest BCUT2D eigenvalue weighted by Gasteiger charge is -2.44. The van der Waals surface area contributed by atoms with Crippen molar-refractivity contribution >= 4 is 0 Å². The Labute approximate surface area is 106 Å². The highest BCUT2D eigenvalue weighted by molar-refractivity contribution is 5.44. The molecule has 0 N–H and O–H groups in total. The van der Waals surface area contributed by atoms with Gasteiger partial charge >= 0.3 is 0 Å². The molecule has 0 radical (unpaired) electrons. The largest absolute Gasteiger partial charge is 0.487 e. The highest BCUT2D eigenvalue weighted by Gasteiger charge is 2.35. The molecule has 1 unspecified atom stereocenters. The lowest BCUT2D eigenvalue weighted by molar-refractivity contribution is -0.00802. The molecular formula is C14H15FN2O. The molecule has 3 aliphatic rings. The van der Waals surface area contributed by atoms with E-state index in [-0.39, 0.29) is 11.7 Å². The number of rotatable bonds is 2. The van der Waals surface area contributed by atoms with Gasteiger partial charge in [0.05, 0.1) is 0 Å². The summed E-state index contributed by atoms with van der Waals surface area (Å²) >= 11 is 0. The van der Waals surface area contributed by atoms with Gasteiger partial charge in [-0.3, -0.25) is 4.90 Å². The number of fused-ring (bicyclic) bond motifs is 3. The Bertz CT molecular complexity index is 489. The summed E-state index contributed by atoms with van der Waals surface area (Å²) < 4.78 is 19.4. The molecule has 3 nitrogen and oxygen atoms in total. The van der Waals surface area contributed by atoms with E-state index in [0.29, 0.717) is 11.7 Å². The van der Waals surface area contributed by atoms with E-state index < -0.39 is 5.82 Å². The molecule has 0 amide bonds. The summed E-state index contributed by atoms with van der Waals surface area (Å²) in [6.45, 7) is 3.17. The second-order valence-electron chi connectivity index (χ2n) is 5.02. The Morgan fingerprint density at radius 1 is 1.33 bits per heavy atom. The van der Waals surface area contributed by atoms with E-state index >= 15 is 0 Å². The van der Waals surface area contributed by atoms with Crippen molar-refractivity contribution in [3.63, 3.8) is 0 Å². The number of piperidine rings is 3. The van der Waals surface area contributed by atoms with Gasteiger partial charge in [-0.25, -0.2) is 4.39 Å². The molecule has 3 fully saturated rings. The molecule has 3 heterocycles. The first-order valence-electron chi connectivity index (χ1n) is 6.35. The highest BCUT2D eigenvalue weighted by atomic mass is 19.1. The van der Waals surface area contributed by atoms with Gasteiger partial charge < -0.3 is 4.74 Å². The van der Waals surface area contributed by atoms with Crippen molar-refractivity contribution in [3.8, 4) is 11.8 Å². The van der Waals surface area contributed by atoms with Crippen LogP contribution in [-0.4, -0.2) is 30.6 Å². The zero-order valence-corrected chi connectivity index (χ0v) is 10.1. The molecule has 94 valence electrons. The van der Waals surface area contributed by atoms with Crippen molar-refractivity contribution in [1.29, 1.82) is 5.26 Å². The summed E-state index contributed by atoms with van der Waals surface area (Å²) in [4.78, 5) is 2.37. The van der Waals surface area contributed by atoms with E-state index in [2.05, 4.69) is 4.90 Å². The van der Waals surface area contributed by atoms with Gasteiger partial charge in [-0.1, -0.05) is 6.07 Å². The van der Waals surface area contributed by atoms with Crippen LogP contribution in [0.2, 0.25) is 0 Å². The first-order valence-corrected chi connectivity index (χ1v) is 6.35. The average molecular weight is 246 g/mol. The van der Waals surface area contributed by atoms with Gasteiger partial charge in [0, 0.05) is 6.54 Å². The number of nitriles is 1. The minimum atomic E-state index is -0.503. The molecule has 3 aliphatic heterocycles. The van der Waals surface area contributed by atoms with Gasteiger partial charge in [0.2, 0.25) is 0 Å². The van der Waals surface area contributed by atoms with E-state index in [1.807, 2.05) is 6.07 Å². The van der Waals surface area contributed by atoms with Crippen LogP contribution in [0.1, 0.15) is 18.4 Å². The second kappa shape index (κ2) is 4.58. The number of benzene rings is 1. The zero-order chi connectivity index (χ0) is 12.5. The van der Waals surface area contributed by atoms with Crippen LogP contribution in [0.4, 0.5) is 4.39 Å². The molecular weight excluding hydrogens is 231 g/mol. The summed E-state index contributed by atoms with van der Waals surface area (Å²) in [6, 6.07) is 6.45. The molecule has 2 bridgehead atoms. The fourth-order valence-corrected chi connectivity index (χ4v) is 2.92. The first-order chi connectivity index (χ1) is 8.78. The van der Waals surface area contributed by atoms with Gasteiger partial charge in [0.15, 0.2) is 0 Å². The smallest absolute Gasteiger partial charge is 0.144 e. The summed E-state index contributed by atoms with van der Waals surface area (Å²) in [7, 11) is 0. The first kappa shape index (κ1) is 11.5. The summed E-state index contributed by atoms with van der Waals surface area (Å²) in [6.07, 6.45) is 2.38.